The lowest BCUT2D eigenvalue weighted by Gasteiger charge is -2.17. The highest BCUT2D eigenvalue weighted by molar-refractivity contribution is 6.04. The van der Waals surface area contributed by atoms with Crippen LogP contribution in [0.2, 0.25) is 0 Å². The van der Waals surface area contributed by atoms with Crippen molar-refractivity contribution in [1.29, 1.82) is 0 Å². The lowest BCUT2D eigenvalue weighted by atomic mass is 10.1. The standard InChI is InChI=1S/C20H24N2O2/c1-3-24-19-11-6-16(14-15(19)2)20(23)21-17-7-9-18(10-8-17)22-12-4-5-13-22/h6-11,14H,3-5,12-13H2,1-2H3,(H,21,23). The first-order chi connectivity index (χ1) is 11.7. The first-order valence-electron chi connectivity index (χ1n) is 8.57. The number of carbonyl (C=O) groups is 1. The van der Waals surface area contributed by atoms with Crippen molar-refractivity contribution in [2.75, 3.05) is 29.9 Å². The molecule has 0 unspecified atom stereocenters. The fraction of sp³-hybridized carbons (Fsp3) is 0.350. The van der Waals surface area contributed by atoms with Gasteiger partial charge in [-0.25, -0.2) is 0 Å². The number of carbonyl (C=O) groups excluding carboxylic acids is 1. The van der Waals surface area contributed by atoms with Gasteiger partial charge in [-0.3, -0.25) is 4.79 Å². The zero-order chi connectivity index (χ0) is 16.9. The Morgan fingerprint density at radius 1 is 1.12 bits per heavy atom. The fourth-order valence-electron chi connectivity index (χ4n) is 3.04. The van der Waals surface area contributed by atoms with E-state index in [-0.39, 0.29) is 5.91 Å². The maximum absolute atomic E-state index is 12.4. The Labute approximate surface area is 143 Å². The Kier molecular flexibility index (Phi) is 5.04. The van der Waals surface area contributed by atoms with Crippen molar-refractivity contribution >= 4 is 17.3 Å². The third-order valence-corrected chi connectivity index (χ3v) is 4.33. The Balaban J connectivity index is 1.66. The lowest BCUT2D eigenvalue weighted by Crippen LogP contribution is -2.17. The monoisotopic (exact) mass is 324 g/mol. The van der Waals surface area contributed by atoms with Gasteiger partial charge in [0, 0.05) is 30.0 Å². The van der Waals surface area contributed by atoms with Crippen LogP contribution in [0.25, 0.3) is 0 Å². The van der Waals surface area contributed by atoms with Crippen LogP contribution < -0.4 is 15.0 Å². The summed E-state index contributed by atoms with van der Waals surface area (Å²) in [4.78, 5) is 14.8. The smallest absolute Gasteiger partial charge is 0.255 e. The van der Waals surface area contributed by atoms with Crippen LogP contribution in [0.5, 0.6) is 5.75 Å². The normalized spacial score (nSPS) is 13.8. The molecule has 2 aromatic carbocycles. The van der Waals surface area contributed by atoms with Gasteiger partial charge in [-0.1, -0.05) is 0 Å². The molecule has 0 aliphatic carbocycles. The second-order valence-electron chi connectivity index (χ2n) is 6.11. The number of nitrogens with one attached hydrogen (secondary N) is 1. The predicted octanol–water partition coefficient (Wildman–Crippen LogP) is 4.25. The minimum absolute atomic E-state index is 0.102. The van der Waals surface area contributed by atoms with Gasteiger partial charge >= 0.3 is 0 Å². The topological polar surface area (TPSA) is 41.6 Å². The highest BCUT2D eigenvalue weighted by Crippen LogP contribution is 2.23. The average molecular weight is 324 g/mol. The predicted molar refractivity (Wildman–Crippen MR) is 98.2 cm³/mol. The van der Waals surface area contributed by atoms with Crippen LogP contribution in [0.4, 0.5) is 11.4 Å². The molecule has 0 bridgehead atoms. The van der Waals surface area contributed by atoms with Crippen molar-refractivity contribution in [2.24, 2.45) is 0 Å². The van der Waals surface area contributed by atoms with E-state index in [9.17, 15) is 4.79 Å². The van der Waals surface area contributed by atoms with E-state index in [1.807, 2.05) is 38.1 Å². The van der Waals surface area contributed by atoms with Crippen LogP contribution in [-0.2, 0) is 0 Å². The van der Waals surface area contributed by atoms with Crippen LogP contribution >= 0.6 is 0 Å². The number of hydrogen-bond acceptors (Lipinski definition) is 3. The molecule has 4 heteroatoms. The molecule has 0 spiro atoms. The molecule has 1 aliphatic rings. The average Bonchev–Trinajstić information content (AvgIpc) is 3.12. The number of anilines is 2. The summed E-state index contributed by atoms with van der Waals surface area (Å²) in [5, 5.41) is 2.96. The molecule has 1 amide bonds. The third-order valence-electron chi connectivity index (χ3n) is 4.33. The largest absolute Gasteiger partial charge is 0.494 e. The van der Waals surface area contributed by atoms with Crippen molar-refractivity contribution in [3.8, 4) is 5.75 Å². The quantitative estimate of drug-likeness (QED) is 0.894. The van der Waals surface area contributed by atoms with Crippen LogP contribution in [0.3, 0.4) is 0 Å². The van der Waals surface area contributed by atoms with E-state index in [1.165, 1.54) is 18.5 Å². The Morgan fingerprint density at radius 2 is 1.83 bits per heavy atom. The van der Waals surface area contributed by atoms with Gasteiger partial charge in [0.2, 0.25) is 0 Å². The molecule has 1 N–H and O–H groups in total. The highest BCUT2D eigenvalue weighted by Gasteiger charge is 2.13. The van der Waals surface area contributed by atoms with E-state index < -0.39 is 0 Å². The molecule has 24 heavy (non-hydrogen) atoms. The Morgan fingerprint density at radius 3 is 2.46 bits per heavy atom. The number of hydrogen-bond donors (Lipinski definition) is 1. The summed E-state index contributed by atoms with van der Waals surface area (Å²) in [7, 11) is 0. The van der Waals surface area contributed by atoms with Crippen molar-refractivity contribution < 1.29 is 9.53 Å². The van der Waals surface area contributed by atoms with Crippen LogP contribution in [-0.4, -0.2) is 25.6 Å². The van der Waals surface area contributed by atoms with E-state index in [4.69, 9.17) is 4.74 Å². The van der Waals surface area contributed by atoms with Gasteiger partial charge in [-0.2, -0.15) is 0 Å². The molecule has 0 radical (unpaired) electrons. The number of benzene rings is 2. The molecule has 0 aromatic heterocycles. The first kappa shape index (κ1) is 16.4. The molecule has 2 aromatic rings. The zero-order valence-corrected chi connectivity index (χ0v) is 14.3. The van der Waals surface area contributed by atoms with Gasteiger partial charge in [0.05, 0.1) is 6.61 Å². The molecule has 1 saturated heterocycles. The van der Waals surface area contributed by atoms with Crippen molar-refractivity contribution in [1.82, 2.24) is 0 Å². The fourth-order valence-corrected chi connectivity index (χ4v) is 3.04. The number of rotatable bonds is 5. The van der Waals surface area contributed by atoms with E-state index in [1.54, 1.807) is 6.07 Å². The molecular weight excluding hydrogens is 300 g/mol. The lowest BCUT2D eigenvalue weighted by molar-refractivity contribution is 0.102. The van der Waals surface area contributed by atoms with E-state index in [2.05, 4.69) is 22.3 Å². The maximum Gasteiger partial charge on any atom is 0.255 e. The first-order valence-corrected chi connectivity index (χ1v) is 8.57. The Bertz CT molecular complexity index is 704. The summed E-state index contributed by atoms with van der Waals surface area (Å²) in [6, 6.07) is 13.6. The summed E-state index contributed by atoms with van der Waals surface area (Å²) in [6.07, 6.45) is 2.52. The second-order valence-corrected chi connectivity index (χ2v) is 6.11. The molecule has 3 rings (SSSR count). The molecule has 4 nitrogen and oxygen atoms in total. The van der Waals surface area contributed by atoms with Gasteiger partial charge in [0.1, 0.15) is 5.75 Å². The highest BCUT2D eigenvalue weighted by atomic mass is 16.5. The molecule has 0 atom stereocenters. The molecule has 0 saturated carbocycles. The SMILES string of the molecule is CCOc1ccc(C(=O)Nc2ccc(N3CCCC3)cc2)cc1C. The summed E-state index contributed by atoms with van der Waals surface area (Å²) in [6.45, 7) is 6.77. The maximum atomic E-state index is 12.4. The molecule has 1 heterocycles. The van der Waals surface area contributed by atoms with Gasteiger partial charge < -0.3 is 15.0 Å². The zero-order valence-electron chi connectivity index (χ0n) is 14.3. The van der Waals surface area contributed by atoms with Gasteiger partial charge in [0.15, 0.2) is 0 Å². The third kappa shape index (κ3) is 3.70. The minimum atomic E-state index is -0.102. The van der Waals surface area contributed by atoms with E-state index in [0.29, 0.717) is 12.2 Å². The van der Waals surface area contributed by atoms with E-state index in [0.717, 1.165) is 30.1 Å². The minimum Gasteiger partial charge on any atom is -0.494 e. The summed E-state index contributed by atoms with van der Waals surface area (Å²) >= 11 is 0. The van der Waals surface area contributed by atoms with Crippen molar-refractivity contribution in [3.05, 3.63) is 53.6 Å². The van der Waals surface area contributed by atoms with Crippen molar-refractivity contribution in [3.63, 3.8) is 0 Å². The second kappa shape index (κ2) is 7.39. The number of amides is 1. The Hall–Kier alpha value is -2.49. The van der Waals surface area contributed by atoms with Crippen LogP contribution in [0, 0.1) is 6.92 Å². The van der Waals surface area contributed by atoms with Crippen molar-refractivity contribution in [2.45, 2.75) is 26.7 Å². The van der Waals surface area contributed by atoms with Gasteiger partial charge in [-0.15, -0.1) is 0 Å². The summed E-state index contributed by atoms with van der Waals surface area (Å²) < 4.78 is 5.52. The summed E-state index contributed by atoms with van der Waals surface area (Å²) in [5.74, 6) is 0.721. The van der Waals surface area contributed by atoms with E-state index >= 15 is 0 Å². The van der Waals surface area contributed by atoms with Crippen LogP contribution in [0.1, 0.15) is 35.7 Å². The number of aryl methyl sites for hydroxylation is 1. The summed E-state index contributed by atoms with van der Waals surface area (Å²) in [5.41, 5.74) is 3.64. The van der Waals surface area contributed by atoms with Crippen LogP contribution in [0.15, 0.2) is 42.5 Å². The molecule has 126 valence electrons. The van der Waals surface area contributed by atoms with Gasteiger partial charge in [0.25, 0.3) is 5.91 Å². The number of ether oxygens (including phenoxy) is 1. The molecule has 1 aliphatic heterocycles. The number of nitrogens with zero attached hydrogens (tertiary/aromatic N) is 1. The molecule has 1 fully saturated rings. The molecular formula is C20H24N2O2. The van der Waals surface area contributed by atoms with Gasteiger partial charge in [-0.05, 0) is 74.7 Å².